The summed E-state index contributed by atoms with van der Waals surface area (Å²) in [7, 11) is 0. The molecule has 2 aromatic carbocycles. The van der Waals surface area contributed by atoms with E-state index in [0.717, 1.165) is 17.5 Å². The minimum atomic E-state index is -0.350. The van der Waals surface area contributed by atoms with Crippen molar-refractivity contribution in [2.45, 2.75) is 20.3 Å². The number of hydrogen-bond acceptors (Lipinski definition) is 2. The maximum Gasteiger partial charge on any atom is 0.272 e. The second kappa shape index (κ2) is 7.94. The molecule has 4 nitrogen and oxygen atoms in total. The Morgan fingerprint density at radius 2 is 1.78 bits per heavy atom. The van der Waals surface area contributed by atoms with E-state index < -0.39 is 0 Å². The Hall–Kier alpha value is -2.88. The van der Waals surface area contributed by atoms with Crippen LogP contribution in [0.1, 0.15) is 25.0 Å². The van der Waals surface area contributed by atoms with Crippen molar-refractivity contribution in [3.8, 4) is 0 Å². The van der Waals surface area contributed by atoms with Gasteiger partial charge in [-0.25, -0.2) is 0 Å². The Labute approximate surface area is 136 Å². The van der Waals surface area contributed by atoms with E-state index in [1.165, 1.54) is 6.92 Å². The number of hydrogen-bond donors (Lipinski definition) is 2. The largest absolute Gasteiger partial charge is 0.322 e. The van der Waals surface area contributed by atoms with Gasteiger partial charge in [0.05, 0.1) is 0 Å². The van der Waals surface area contributed by atoms with Gasteiger partial charge in [0, 0.05) is 12.6 Å². The molecule has 23 heavy (non-hydrogen) atoms. The van der Waals surface area contributed by atoms with Crippen molar-refractivity contribution in [1.82, 2.24) is 5.32 Å². The molecule has 0 atom stereocenters. The van der Waals surface area contributed by atoms with Crippen LogP contribution in [0.25, 0.3) is 6.08 Å². The van der Waals surface area contributed by atoms with Crippen LogP contribution in [-0.2, 0) is 16.0 Å². The lowest BCUT2D eigenvalue weighted by Crippen LogP contribution is -2.28. The molecule has 0 saturated heterocycles. The van der Waals surface area contributed by atoms with Crippen LogP contribution in [0.4, 0.5) is 5.69 Å². The molecule has 0 bridgehead atoms. The standard InChI is InChI=1S/C19H20N2O2/c1-3-15-10-7-11-17(12-15)21-19(23)18(20-14(2)22)13-16-8-5-4-6-9-16/h4-13H,3H2,1-2H3,(H,20,22)(H,21,23)/b18-13-. The van der Waals surface area contributed by atoms with Crippen molar-refractivity contribution in [3.63, 3.8) is 0 Å². The van der Waals surface area contributed by atoms with Gasteiger partial charge in [-0.1, -0.05) is 49.4 Å². The number of aryl methyl sites for hydroxylation is 1. The van der Waals surface area contributed by atoms with E-state index in [1.54, 1.807) is 6.08 Å². The van der Waals surface area contributed by atoms with Crippen LogP contribution >= 0.6 is 0 Å². The molecule has 0 aliphatic rings. The van der Waals surface area contributed by atoms with Gasteiger partial charge in [0.25, 0.3) is 5.91 Å². The normalized spacial score (nSPS) is 11.0. The molecule has 0 fully saturated rings. The average Bonchev–Trinajstić information content (AvgIpc) is 2.55. The van der Waals surface area contributed by atoms with E-state index in [9.17, 15) is 9.59 Å². The lowest BCUT2D eigenvalue weighted by atomic mass is 10.1. The zero-order chi connectivity index (χ0) is 16.7. The molecule has 118 valence electrons. The van der Waals surface area contributed by atoms with E-state index in [1.807, 2.05) is 54.6 Å². The Kier molecular flexibility index (Phi) is 5.69. The summed E-state index contributed by atoms with van der Waals surface area (Å²) >= 11 is 0. The molecule has 0 heterocycles. The highest BCUT2D eigenvalue weighted by molar-refractivity contribution is 6.08. The molecule has 2 rings (SSSR count). The molecule has 0 radical (unpaired) electrons. The van der Waals surface area contributed by atoms with Crippen molar-refractivity contribution in [2.75, 3.05) is 5.32 Å². The number of benzene rings is 2. The molecule has 2 N–H and O–H groups in total. The van der Waals surface area contributed by atoms with Crippen molar-refractivity contribution in [1.29, 1.82) is 0 Å². The van der Waals surface area contributed by atoms with E-state index in [2.05, 4.69) is 17.6 Å². The van der Waals surface area contributed by atoms with Crippen molar-refractivity contribution in [2.24, 2.45) is 0 Å². The highest BCUT2D eigenvalue weighted by atomic mass is 16.2. The van der Waals surface area contributed by atoms with Crippen LogP contribution in [0.15, 0.2) is 60.3 Å². The molecular formula is C19H20N2O2. The molecule has 0 saturated carbocycles. The molecule has 0 spiro atoms. The second-order valence-corrected chi connectivity index (χ2v) is 5.16. The predicted octanol–water partition coefficient (Wildman–Crippen LogP) is 3.36. The number of rotatable bonds is 5. The Morgan fingerprint density at radius 1 is 1.04 bits per heavy atom. The third kappa shape index (κ3) is 5.11. The first-order valence-corrected chi connectivity index (χ1v) is 7.53. The molecule has 0 unspecified atom stereocenters. The van der Waals surface area contributed by atoms with Gasteiger partial charge in [-0.3, -0.25) is 9.59 Å². The van der Waals surface area contributed by atoms with Gasteiger partial charge in [-0.2, -0.15) is 0 Å². The Bertz CT molecular complexity index is 721. The number of nitrogens with one attached hydrogen (secondary N) is 2. The smallest absolute Gasteiger partial charge is 0.272 e. The lowest BCUT2D eigenvalue weighted by Gasteiger charge is -2.10. The van der Waals surface area contributed by atoms with Crippen molar-refractivity contribution < 1.29 is 9.59 Å². The first kappa shape index (κ1) is 16.5. The lowest BCUT2D eigenvalue weighted by molar-refractivity contribution is -0.120. The monoisotopic (exact) mass is 308 g/mol. The Morgan fingerprint density at radius 3 is 2.43 bits per heavy atom. The van der Waals surface area contributed by atoms with Crippen LogP contribution in [0.2, 0.25) is 0 Å². The van der Waals surface area contributed by atoms with Crippen LogP contribution in [0.5, 0.6) is 0 Å². The summed E-state index contributed by atoms with van der Waals surface area (Å²) in [6.45, 7) is 3.43. The minimum Gasteiger partial charge on any atom is -0.322 e. The number of anilines is 1. The van der Waals surface area contributed by atoms with Gasteiger partial charge < -0.3 is 10.6 Å². The van der Waals surface area contributed by atoms with Crippen molar-refractivity contribution >= 4 is 23.6 Å². The molecule has 0 aromatic heterocycles. The van der Waals surface area contributed by atoms with Gasteiger partial charge in [0.2, 0.25) is 5.91 Å². The predicted molar refractivity (Wildman–Crippen MR) is 92.7 cm³/mol. The number of carbonyl (C=O) groups is 2. The third-order valence-corrected chi connectivity index (χ3v) is 3.26. The van der Waals surface area contributed by atoms with Crippen LogP contribution in [-0.4, -0.2) is 11.8 Å². The Balaban J connectivity index is 2.22. The van der Waals surface area contributed by atoms with Gasteiger partial charge in [0.15, 0.2) is 0 Å². The maximum atomic E-state index is 12.5. The first-order chi connectivity index (χ1) is 11.1. The fourth-order valence-corrected chi connectivity index (χ4v) is 2.13. The van der Waals surface area contributed by atoms with Gasteiger partial charge in [-0.05, 0) is 35.8 Å². The van der Waals surface area contributed by atoms with Gasteiger partial charge in [0.1, 0.15) is 5.70 Å². The molecule has 2 amide bonds. The quantitative estimate of drug-likeness (QED) is 0.832. The van der Waals surface area contributed by atoms with E-state index >= 15 is 0 Å². The summed E-state index contributed by atoms with van der Waals surface area (Å²) in [6.07, 6.45) is 2.54. The summed E-state index contributed by atoms with van der Waals surface area (Å²) < 4.78 is 0. The second-order valence-electron chi connectivity index (χ2n) is 5.16. The number of amides is 2. The molecule has 2 aromatic rings. The summed E-state index contributed by atoms with van der Waals surface area (Å²) in [5.74, 6) is -0.637. The van der Waals surface area contributed by atoms with Crippen LogP contribution < -0.4 is 10.6 Å². The van der Waals surface area contributed by atoms with Crippen molar-refractivity contribution in [3.05, 3.63) is 71.4 Å². The van der Waals surface area contributed by atoms with E-state index in [-0.39, 0.29) is 17.5 Å². The fourth-order valence-electron chi connectivity index (χ4n) is 2.13. The topological polar surface area (TPSA) is 58.2 Å². The molecule has 4 heteroatoms. The fraction of sp³-hybridized carbons (Fsp3) is 0.158. The molecule has 0 aliphatic carbocycles. The number of carbonyl (C=O) groups excluding carboxylic acids is 2. The van der Waals surface area contributed by atoms with E-state index in [4.69, 9.17) is 0 Å². The minimum absolute atomic E-state index is 0.214. The average molecular weight is 308 g/mol. The summed E-state index contributed by atoms with van der Waals surface area (Å²) in [6, 6.07) is 17.0. The van der Waals surface area contributed by atoms with Crippen LogP contribution in [0, 0.1) is 0 Å². The zero-order valence-corrected chi connectivity index (χ0v) is 13.3. The maximum absolute atomic E-state index is 12.5. The molecule has 0 aliphatic heterocycles. The summed E-state index contributed by atoms with van der Waals surface area (Å²) in [4.78, 5) is 23.8. The first-order valence-electron chi connectivity index (χ1n) is 7.53. The zero-order valence-electron chi connectivity index (χ0n) is 13.3. The highest BCUT2D eigenvalue weighted by Crippen LogP contribution is 2.13. The third-order valence-electron chi connectivity index (χ3n) is 3.26. The summed E-state index contributed by atoms with van der Waals surface area (Å²) in [5, 5.41) is 5.41. The van der Waals surface area contributed by atoms with Gasteiger partial charge in [-0.15, -0.1) is 0 Å². The SMILES string of the molecule is CCc1cccc(NC(=O)/C(=C/c2ccccc2)NC(C)=O)c1. The summed E-state index contributed by atoms with van der Waals surface area (Å²) in [5.41, 5.74) is 2.90. The molecular weight excluding hydrogens is 288 g/mol. The van der Waals surface area contributed by atoms with Crippen LogP contribution in [0.3, 0.4) is 0 Å². The van der Waals surface area contributed by atoms with E-state index in [0.29, 0.717) is 5.69 Å². The van der Waals surface area contributed by atoms with Gasteiger partial charge >= 0.3 is 0 Å². The highest BCUT2D eigenvalue weighted by Gasteiger charge is 2.11.